The predicted octanol–water partition coefficient (Wildman–Crippen LogP) is 3.87. The molecule has 2 aromatic rings. The Balaban J connectivity index is 1.35. The highest BCUT2D eigenvalue weighted by Crippen LogP contribution is 2.47. The lowest BCUT2D eigenvalue weighted by Gasteiger charge is -2.15. The van der Waals surface area contributed by atoms with Crippen molar-refractivity contribution in [3.63, 3.8) is 0 Å². The van der Waals surface area contributed by atoms with E-state index in [4.69, 9.17) is 9.15 Å². The summed E-state index contributed by atoms with van der Waals surface area (Å²) in [5, 5.41) is 0. The first-order chi connectivity index (χ1) is 13.6. The first-order valence-electron chi connectivity index (χ1n) is 9.61. The molecular weight excluding hydrogens is 356 g/mol. The zero-order valence-corrected chi connectivity index (χ0v) is 15.6. The normalized spacial score (nSPS) is 25.4. The molecule has 0 unspecified atom stereocenters. The molecule has 142 valence electrons. The largest absolute Gasteiger partial charge is 0.461 e. The van der Waals surface area contributed by atoms with E-state index >= 15 is 0 Å². The van der Waals surface area contributed by atoms with E-state index in [9.17, 15) is 9.59 Å². The quantitative estimate of drug-likeness (QED) is 0.600. The second kappa shape index (κ2) is 6.48. The molecule has 3 heterocycles. The van der Waals surface area contributed by atoms with Gasteiger partial charge in [-0.05, 0) is 55.2 Å². The van der Waals surface area contributed by atoms with E-state index in [2.05, 4.69) is 11.9 Å². The number of furan rings is 1. The van der Waals surface area contributed by atoms with Gasteiger partial charge in [0.25, 0.3) is 0 Å². The third-order valence-corrected chi connectivity index (χ3v) is 5.52. The Kier molecular flexibility index (Phi) is 3.93. The number of hydrogen-bond acceptors (Lipinski definition) is 5. The summed E-state index contributed by atoms with van der Waals surface area (Å²) in [6.07, 6.45) is 4.23. The zero-order chi connectivity index (χ0) is 19.3. The Morgan fingerprint density at radius 3 is 2.61 bits per heavy atom. The van der Waals surface area contributed by atoms with Crippen molar-refractivity contribution in [2.24, 2.45) is 10.9 Å². The second-order valence-corrected chi connectivity index (χ2v) is 7.59. The molecule has 0 N–H and O–H groups in total. The summed E-state index contributed by atoms with van der Waals surface area (Å²) in [4.78, 5) is 30.1. The van der Waals surface area contributed by atoms with Crippen LogP contribution in [0.4, 0.5) is 5.69 Å². The van der Waals surface area contributed by atoms with E-state index < -0.39 is 5.97 Å². The molecule has 0 bridgehead atoms. The second-order valence-electron chi connectivity index (χ2n) is 7.59. The maximum absolute atomic E-state index is 12.2. The van der Waals surface area contributed by atoms with Crippen molar-refractivity contribution >= 4 is 29.5 Å². The van der Waals surface area contributed by atoms with Gasteiger partial charge in [-0.2, -0.15) is 0 Å². The molecule has 1 aromatic carbocycles. The van der Waals surface area contributed by atoms with Gasteiger partial charge in [0.2, 0.25) is 11.8 Å². The average molecular weight is 376 g/mol. The van der Waals surface area contributed by atoms with Gasteiger partial charge in [-0.1, -0.05) is 6.92 Å². The number of aliphatic imine (C=N–C) groups is 1. The van der Waals surface area contributed by atoms with Gasteiger partial charge in [-0.25, -0.2) is 9.79 Å². The summed E-state index contributed by atoms with van der Waals surface area (Å²) in [6.45, 7) is 2.94. The van der Waals surface area contributed by atoms with Gasteiger partial charge in [0, 0.05) is 36.2 Å². The van der Waals surface area contributed by atoms with Crippen molar-refractivity contribution in [2.75, 3.05) is 11.4 Å². The predicted molar refractivity (Wildman–Crippen MR) is 104 cm³/mol. The lowest BCUT2D eigenvalue weighted by Crippen LogP contribution is -2.23. The Labute approximate surface area is 162 Å². The number of esters is 1. The number of hydrogen-bond donors (Lipinski definition) is 0. The van der Waals surface area contributed by atoms with Gasteiger partial charge < -0.3 is 14.1 Å². The highest BCUT2D eigenvalue weighted by molar-refractivity contribution is 6.13. The van der Waals surface area contributed by atoms with Gasteiger partial charge in [-0.3, -0.25) is 4.79 Å². The van der Waals surface area contributed by atoms with Crippen LogP contribution in [0.5, 0.6) is 0 Å². The van der Waals surface area contributed by atoms with Crippen LogP contribution in [-0.4, -0.2) is 24.3 Å². The summed E-state index contributed by atoms with van der Waals surface area (Å²) in [6, 6.07) is 11.2. The SMILES string of the molecule is C[C@@H]1C[C@H]1c1ccc(/C=C2\N=C(c3ccc(N4CCCC4=O)cc3)OC2=O)o1. The molecule has 0 radical (unpaired) electrons. The van der Waals surface area contributed by atoms with Gasteiger partial charge in [-0.15, -0.1) is 0 Å². The molecule has 1 saturated heterocycles. The zero-order valence-electron chi connectivity index (χ0n) is 15.6. The van der Waals surface area contributed by atoms with E-state index in [1.807, 2.05) is 36.4 Å². The van der Waals surface area contributed by atoms with Gasteiger partial charge >= 0.3 is 5.97 Å². The van der Waals surface area contributed by atoms with Crippen molar-refractivity contribution in [1.29, 1.82) is 0 Å². The third-order valence-electron chi connectivity index (χ3n) is 5.52. The molecule has 1 saturated carbocycles. The topological polar surface area (TPSA) is 72.1 Å². The van der Waals surface area contributed by atoms with Crippen molar-refractivity contribution < 1.29 is 18.7 Å². The van der Waals surface area contributed by atoms with Crippen molar-refractivity contribution in [1.82, 2.24) is 0 Å². The molecule has 6 nitrogen and oxygen atoms in total. The van der Waals surface area contributed by atoms with Gasteiger partial charge in [0.1, 0.15) is 11.5 Å². The van der Waals surface area contributed by atoms with Crippen LogP contribution in [-0.2, 0) is 14.3 Å². The summed E-state index contributed by atoms with van der Waals surface area (Å²) in [7, 11) is 0. The number of carbonyl (C=O) groups is 2. The van der Waals surface area contributed by atoms with Crippen molar-refractivity contribution in [3.8, 4) is 0 Å². The maximum Gasteiger partial charge on any atom is 0.363 e. The number of ether oxygens (including phenoxy) is 1. The summed E-state index contributed by atoms with van der Waals surface area (Å²) in [5.74, 6) is 2.62. The van der Waals surface area contributed by atoms with Crippen molar-refractivity contribution in [3.05, 3.63) is 59.2 Å². The Hall–Kier alpha value is -3.15. The van der Waals surface area contributed by atoms with Crippen LogP contribution in [0.1, 0.15) is 49.2 Å². The van der Waals surface area contributed by atoms with Crippen molar-refractivity contribution in [2.45, 2.75) is 32.1 Å². The molecule has 2 aliphatic heterocycles. The Morgan fingerprint density at radius 1 is 1.14 bits per heavy atom. The number of benzene rings is 1. The third kappa shape index (κ3) is 3.05. The fourth-order valence-corrected chi connectivity index (χ4v) is 3.74. The lowest BCUT2D eigenvalue weighted by molar-refractivity contribution is -0.130. The molecule has 0 spiro atoms. The van der Waals surface area contributed by atoms with E-state index in [-0.39, 0.29) is 17.5 Å². The van der Waals surface area contributed by atoms with Crippen LogP contribution in [0.2, 0.25) is 0 Å². The Morgan fingerprint density at radius 2 is 1.93 bits per heavy atom. The van der Waals surface area contributed by atoms with Crippen LogP contribution < -0.4 is 4.90 Å². The molecule has 1 aromatic heterocycles. The van der Waals surface area contributed by atoms with E-state index in [1.165, 1.54) is 0 Å². The highest BCUT2D eigenvalue weighted by atomic mass is 16.6. The average Bonchev–Trinajstić information content (AvgIpc) is 3.07. The number of carbonyl (C=O) groups excluding carboxylic acids is 2. The monoisotopic (exact) mass is 376 g/mol. The van der Waals surface area contributed by atoms with E-state index in [0.29, 0.717) is 29.6 Å². The van der Waals surface area contributed by atoms with E-state index in [0.717, 1.165) is 30.8 Å². The minimum absolute atomic E-state index is 0.140. The number of rotatable bonds is 4. The first-order valence-corrected chi connectivity index (χ1v) is 9.61. The number of nitrogens with zero attached hydrogens (tertiary/aromatic N) is 2. The summed E-state index contributed by atoms with van der Waals surface area (Å²) in [5.41, 5.74) is 1.77. The molecule has 5 rings (SSSR count). The lowest BCUT2D eigenvalue weighted by atomic mass is 10.2. The summed E-state index contributed by atoms with van der Waals surface area (Å²) < 4.78 is 11.1. The fourth-order valence-electron chi connectivity index (χ4n) is 3.74. The van der Waals surface area contributed by atoms with Crippen LogP contribution in [0.25, 0.3) is 6.08 Å². The molecule has 28 heavy (non-hydrogen) atoms. The van der Waals surface area contributed by atoms with Gasteiger partial charge in [0.05, 0.1) is 0 Å². The molecule has 3 aliphatic rings. The number of anilines is 1. The number of amides is 1. The van der Waals surface area contributed by atoms with Gasteiger partial charge in [0.15, 0.2) is 5.70 Å². The summed E-state index contributed by atoms with van der Waals surface area (Å²) >= 11 is 0. The van der Waals surface area contributed by atoms with Crippen LogP contribution in [0.15, 0.2) is 51.5 Å². The van der Waals surface area contributed by atoms with Crippen LogP contribution >= 0.6 is 0 Å². The molecule has 2 atom stereocenters. The molecule has 2 fully saturated rings. The smallest absolute Gasteiger partial charge is 0.363 e. The fraction of sp³-hybridized carbons (Fsp3) is 0.318. The highest BCUT2D eigenvalue weighted by Gasteiger charge is 2.36. The minimum atomic E-state index is -0.494. The maximum atomic E-state index is 12.2. The first kappa shape index (κ1) is 17.0. The molecule has 6 heteroatoms. The molecule has 1 aliphatic carbocycles. The standard InChI is InChI=1S/C22H20N2O4/c1-13-11-17(13)19-9-8-16(27-19)12-18-22(26)28-21(23-18)14-4-6-15(7-5-14)24-10-2-3-20(24)25/h4-9,12-13,17H,2-3,10-11H2,1H3/b18-12-/t13-,17-/m1/s1. The van der Waals surface area contributed by atoms with Crippen LogP contribution in [0.3, 0.4) is 0 Å². The van der Waals surface area contributed by atoms with E-state index in [1.54, 1.807) is 11.0 Å². The van der Waals surface area contributed by atoms with Crippen LogP contribution in [0, 0.1) is 5.92 Å². The minimum Gasteiger partial charge on any atom is -0.461 e. The molecule has 1 amide bonds. The number of cyclic esters (lactones) is 1. The molecular formula is C22H20N2O4. The Bertz CT molecular complexity index is 1020.